The van der Waals surface area contributed by atoms with Crippen LogP contribution in [0.4, 0.5) is 5.69 Å². The molecule has 0 aromatic heterocycles. The molecular formula is C13H16N2O. The lowest BCUT2D eigenvalue weighted by atomic mass is 9.83. The van der Waals surface area contributed by atoms with Gasteiger partial charge in [0.1, 0.15) is 11.9 Å². The minimum atomic E-state index is -0.0163. The summed E-state index contributed by atoms with van der Waals surface area (Å²) in [5.74, 6) is 0.344. The molecule has 2 aliphatic rings. The van der Waals surface area contributed by atoms with E-state index in [1.807, 2.05) is 12.1 Å². The molecule has 2 unspecified atom stereocenters. The van der Waals surface area contributed by atoms with E-state index in [9.17, 15) is 5.11 Å². The molecule has 3 heteroatoms. The van der Waals surface area contributed by atoms with Crippen molar-refractivity contribution in [3.05, 3.63) is 36.0 Å². The Bertz CT molecular complexity index is 483. The van der Waals surface area contributed by atoms with Gasteiger partial charge in [0.15, 0.2) is 0 Å². The Balaban J connectivity index is 2.24. The molecule has 1 aromatic rings. The Morgan fingerprint density at radius 3 is 2.81 bits per heavy atom. The van der Waals surface area contributed by atoms with Gasteiger partial charge in [-0.1, -0.05) is 6.08 Å². The van der Waals surface area contributed by atoms with E-state index >= 15 is 0 Å². The second kappa shape index (κ2) is 2.73. The number of aromatic hydroxyl groups is 1. The van der Waals surface area contributed by atoms with E-state index < -0.39 is 0 Å². The van der Waals surface area contributed by atoms with Gasteiger partial charge in [-0.3, -0.25) is 0 Å². The average Bonchev–Trinajstić information content (AvgIpc) is 2.65. The Kier molecular flexibility index (Phi) is 1.63. The van der Waals surface area contributed by atoms with Gasteiger partial charge >= 0.3 is 0 Å². The van der Waals surface area contributed by atoms with Gasteiger partial charge in [0, 0.05) is 19.8 Å². The van der Waals surface area contributed by atoms with Crippen LogP contribution in [-0.2, 0) is 5.41 Å². The molecule has 0 fully saturated rings. The van der Waals surface area contributed by atoms with Gasteiger partial charge in [-0.2, -0.15) is 0 Å². The molecule has 0 saturated carbocycles. The number of nitrogens with zero attached hydrogens (tertiary/aromatic N) is 2. The van der Waals surface area contributed by atoms with E-state index in [4.69, 9.17) is 0 Å². The fraction of sp³-hybridized carbons (Fsp3) is 0.385. The zero-order valence-corrected chi connectivity index (χ0v) is 9.81. The van der Waals surface area contributed by atoms with Gasteiger partial charge in [0.05, 0.1) is 5.41 Å². The number of rotatable bonds is 0. The summed E-state index contributed by atoms with van der Waals surface area (Å²) in [6.07, 6.45) is 4.66. The number of hydrogen-bond donors (Lipinski definition) is 1. The maximum Gasteiger partial charge on any atom is 0.116 e. The minimum absolute atomic E-state index is 0.0163. The Labute approximate surface area is 95.6 Å². The summed E-state index contributed by atoms with van der Waals surface area (Å²) in [5, 5.41) is 9.63. The highest BCUT2D eigenvalue weighted by molar-refractivity contribution is 5.67. The second-order valence-corrected chi connectivity index (χ2v) is 4.95. The third kappa shape index (κ3) is 0.932. The lowest BCUT2D eigenvalue weighted by molar-refractivity contribution is 0.293. The molecule has 3 nitrogen and oxygen atoms in total. The first kappa shape index (κ1) is 9.58. The SMILES string of the molecule is CN1C=CC2(C)c3cc(O)ccc3N(C)C12. The van der Waals surface area contributed by atoms with E-state index in [2.05, 4.69) is 43.1 Å². The number of benzene rings is 1. The summed E-state index contributed by atoms with van der Waals surface area (Å²) in [6.45, 7) is 2.22. The van der Waals surface area contributed by atoms with Crippen LogP contribution in [0.15, 0.2) is 30.5 Å². The van der Waals surface area contributed by atoms with Crippen LogP contribution in [0.1, 0.15) is 12.5 Å². The van der Waals surface area contributed by atoms with Crippen LogP contribution in [-0.4, -0.2) is 30.3 Å². The van der Waals surface area contributed by atoms with Crippen LogP contribution in [0.2, 0.25) is 0 Å². The second-order valence-electron chi connectivity index (χ2n) is 4.95. The molecular weight excluding hydrogens is 200 g/mol. The molecule has 0 radical (unpaired) electrons. The van der Waals surface area contributed by atoms with E-state index in [1.54, 1.807) is 6.07 Å². The van der Waals surface area contributed by atoms with E-state index in [0.717, 1.165) is 0 Å². The molecule has 1 N–H and O–H groups in total. The van der Waals surface area contributed by atoms with Crippen LogP contribution < -0.4 is 4.90 Å². The highest BCUT2D eigenvalue weighted by Crippen LogP contribution is 2.49. The summed E-state index contributed by atoms with van der Waals surface area (Å²) in [6, 6.07) is 5.63. The van der Waals surface area contributed by atoms with Gasteiger partial charge in [-0.15, -0.1) is 0 Å². The highest BCUT2D eigenvalue weighted by atomic mass is 16.3. The summed E-state index contributed by atoms with van der Waals surface area (Å²) >= 11 is 0. The van der Waals surface area contributed by atoms with Crippen molar-refractivity contribution < 1.29 is 5.11 Å². The van der Waals surface area contributed by atoms with Crippen molar-refractivity contribution in [2.45, 2.75) is 18.5 Å². The van der Waals surface area contributed by atoms with Gasteiger partial charge in [0.2, 0.25) is 0 Å². The quantitative estimate of drug-likeness (QED) is 0.717. The first-order valence-electron chi connectivity index (χ1n) is 5.51. The topological polar surface area (TPSA) is 26.7 Å². The Morgan fingerprint density at radius 1 is 1.31 bits per heavy atom. The highest BCUT2D eigenvalue weighted by Gasteiger charge is 2.49. The van der Waals surface area contributed by atoms with Crippen molar-refractivity contribution in [2.24, 2.45) is 0 Å². The van der Waals surface area contributed by atoms with Crippen LogP contribution in [0.3, 0.4) is 0 Å². The zero-order chi connectivity index (χ0) is 11.5. The summed E-state index contributed by atoms with van der Waals surface area (Å²) < 4.78 is 0. The van der Waals surface area contributed by atoms with Crippen molar-refractivity contribution in [3.63, 3.8) is 0 Å². The van der Waals surface area contributed by atoms with Gasteiger partial charge in [-0.25, -0.2) is 0 Å². The zero-order valence-electron chi connectivity index (χ0n) is 9.81. The molecule has 16 heavy (non-hydrogen) atoms. The first-order valence-corrected chi connectivity index (χ1v) is 5.51. The van der Waals surface area contributed by atoms with Crippen LogP contribution in [0, 0.1) is 0 Å². The molecule has 0 spiro atoms. The number of fused-ring (bicyclic) bond motifs is 3. The molecule has 2 aliphatic heterocycles. The molecule has 0 aliphatic carbocycles. The number of hydrogen-bond acceptors (Lipinski definition) is 3. The minimum Gasteiger partial charge on any atom is -0.508 e. The maximum absolute atomic E-state index is 9.63. The molecule has 1 aromatic carbocycles. The Morgan fingerprint density at radius 2 is 2.06 bits per heavy atom. The van der Waals surface area contributed by atoms with E-state index in [1.165, 1.54) is 11.3 Å². The average molecular weight is 216 g/mol. The maximum atomic E-state index is 9.63. The third-order valence-electron chi connectivity index (χ3n) is 3.89. The number of phenols is 1. The molecule has 2 heterocycles. The Hall–Kier alpha value is -1.64. The molecule has 0 amide bonds. The fourth-order valence-corrected chi connectivity index (χ4v) is 3.16. The fourth-order valence-electron chi connectivity index (χ4n) is 3.16. The summed E-state index contributed by atoms with van der Waals surface area (Å²) in [5.41, 5.74) is 2.40. The molecule has 2 atom stereocenters. The normalized spacial score (nSPS) is 30.8. The van der Waals surface area contributed by atoms with Crippen molar-refractivity contribution >= 4 is 5.69 Å². The van der Waals surface area contributed by atoms with Crippen molar-refractivity contribution in [3.8, 4) is 5.75 Å². The standard InChI is InChI=1S/C13H16N2O/c1-13-6-7-14(2)12(13)15(3)11-5-4-9(16)8-10(11)13/h4-8,12,16H,1-3H3. The molecule has 0 saturated heterocycles. The molecule has 0 bridgehead atoms. The predicted molar refractivity (Wildman–Crippen MR) is 64.6 cm³/mol. The van der Waals surface area contributed by atoms with Gasteiger partial charge in [-0.05, 0) is 36.9 Å². The van der Waals surface area contributed by atoms with Crippen molar-refractivity contribution in [2.75, 3.05) is 19.0 Å². The van der Waals surface area contributed by atoms with E-state index in [0.29, 0.717) is 11.9 Å². The van der Waals surface area contributed by atoms with Gasteiger partial charge < -0.3 is 14.9 Å². The summed E-state index contributed by atoms with van der Waals surface area (Å²) in [7, 11) is 4.20. The number of phenolic OH excluding ortho intramolecular Hbond substituents is 1. The van der Waals surface area contributed by atoms with E-state index in [-0.39, 0.29) is 5.41 Å². The molecule has 84 valence electrons. The lowest BCUT2D eigenvalue weighted by Gasteiger charge is -2.33. The van der Waals surface area contributed by atoms with Crippen LogP contribution in [0.25, 0.3) is 0 Å². The number of likely N-dealkylation sites (N-methyl/N-ethyl adjacent to an activating group) is 2. The number of anilines is 1. The van der Waals surface area contributed by atoms with Crippen molar-refractivity contribution in [1.82, 2.24) is 4.90 Å². The lowest BCUT2D eigenvalue weighted by Crippen LogP contribution is -2.45. The van der Waals surface area contributed by atoms with Crippen LogP contribution in [0.5, 0.6) is 5.75 Å². The van der Waals surface area contributed by atoms with Gasteiger partial charge in [0.25, 0.3) is 0 Å². The monoisotopic (exact) mass is 216 g/mol. The summed E-state index contributed by atoms with van der Waals surface area (Å²) in [4.78, 5) is 4.49. The smallest absolute Gasteiger partial charge is 0.116 e. The first-order chi connectivity index (χ1) is 7.54. The molecule has 3 rings (SSSR count). The van der Waals surface area contributed by atoms with Crippen molar-refractivity contribution in [1.29, 1.82) is 0 Å². The predicted octanol–water partition coefficient (Wildman–Crippen LogP) is 1.88. The largest absolute Gasteiger partial charge is 0.508 e. The third-order valence-corrected chi connectivity index (χ3v) is 3.89. The van der Waals surface area contributed by atoms with Crippen LogP contribution >= 0.6 is 0 Å².